The first-order chi connectivity index (χ1) is 10.1. The van der Waals surface area contributed by atoms with Crippen LogP contribution in [0.5, 0.6) is 11.5 Å². The Bertz CT molecular complexity index is 684. The molecule has 6 nitrogen and oxygen atoms in total. The van der Waals surface area contributed by atoms with Gasteiger partial charge < -0.3 is 15.5 Å². The monoisotopic (exact) mass is 285 g/mol. The molecule has 0 aliphatic rings. The smallest absolute Gasteiger partial charge is 0.273 e. The van der Waals surface area contributed by atoms with Gasteiger partial charge in [0.25, 0.3) is 5.91 Å². The van der Waals surface area contributed by atoms with Crippen LogP contribution in [0.15, 0.2) is 47.6 Å². The highest BCUT2D eigenvalue weighted by Gasteiger charge is 2.08. The normalized spacial score (nSPS) is 10.5. The lowest BCUT2D eigenvalue weighted by Crippen LogP contribution is -2.18. The number of rotatable bonds is 4. The second-order valence-corrected chi connectivity index (χ2v) is 4.24. The maximum Gasteiger partial charge on any atom is 0.273 e. The largest absolute Gasteiger partial charge is 0.508 e. The van der Waals surface area contributed by atoms with Crippen LogP contribution in [0.1, 0.15) is 15.9 Å². The number of nitrogens with zero attached hydrogens (tertiary/aromatic N) is 1. The third-order valence-corrected chi connectivity index (χ3v) is 2.82. The van der Waals surface area contributed by atoms with Crippen molar-refractivity contribution in [2.75, 3.05) is 12.4 Å². The fourth-order valence-corrected chi connectivity index (χ4v) is 1.77. The third kappa shape index (κ3) is 3.50. The highest BCUT2D eigenvalue weighted by Crippen LogP contribution is 2.20. The van der Waals surface area contributed by atoms with Crippen molar-refractivity contribution in [3.63, 3.8) is 0 Å². The lowest BCUT2D eigenvalue weighted by molar-refractivity contribution is 0.0956. The summed E-state index contributed by atoms with van der Waals surface area (Å²) in [5, 5.41) is 25.6. The minimum atomic E-state index is -0.379. The predicted octanol–water partition coefficient (Wildman–Crippen LogP) is 1.90. The number of phenolic OH excluding ortho intramolecular Hbond substituents is 2. The Kier molecular flexibility index (Phi) is 4.40. The van der Waals surface area contributed by atoms with Gasteiger partial charge >= 0.3 is 0 Å². The summed E-state index contributed by atoms with van der Waals surface area (Å²) >= 11 is 0. The summed E-state index contributed by atoms with van der Waals surface area (Å²) in [5.41, 5.74) is 3.81. The zero-order chi connectivity index (χ0) is 15.2. The Morgan fingerprint density at radius 2 is 1.95 bits per heavy atom. The zero-order valence-corrected chi connectivity index (χ0v) is 11.4. The summed E-state index contributed by atoms with van der Waals surface area (Å²) in [6, 6.07) is 11.1. The van der Waals surface area contributed by atoms with Crippen molar-refractivity contribution in [2.45, 2.75) is 0 Å². The predicted molar refractivity (Wildman–Crippen MR) is 80.8 cm³/mol. The Morgan fingerprint density at radius 1 is 1.19 bits per heavy atom. The third-order valence-electron chi connectivity index (χ3n) is 2.82. The molecule has 0 fully saturated rings. The molecule has 2 aromatic carbocycles. The van der Waals surface area contributed by atoms with Crippen molar-refractivity contribution < 1.29 is 15.0 Å². The van der Waals surface area contributed by atoms with Gasteiger partial charge in [0.15, 0.2) is 0 Å². The molecule has 0 heterocycles. The molecule has 0 unspecified atom stereocenters. The van der Waals surface area contributed by atoms with Crippen LogP contribution in [0.3, 0.4) is 0 Å². The minimum absolute atomic E-state index is 0.00102. The first-order valence-corrected chi connectivity index (χ1v) is 6.24. The Labute approximate surface area is 121 Å². The molecule has 21 heavy (non-hydrogen) atoms. The highest BCUT2D eigenvalue weighted by molar-refractivity contribution is 6.00. The molecule has 108 valence electrons. The average molecular weight is 285 g/mol. The van der Waals surface area contributed by atoms with Crippen LogP contribution < -0.4 is 10.7 Å². The number of benzene rings is 2. The van der Waals surface area contributed by atoms with E-state index in [0.717, 1.165) is 0 Å². The lowest BCUT2D eigenvalue weighted by Gasteiger charge is -2.06. The second kappa shape index (κ2) is 6.42. The number of hydrazone groups is 1. The molecular weight excluding hydrogens is 270 g/mol. The van der Waals surface area contributed by atoms with Crippen molar-refractivity contribution in [2.24, 2.45) is 5.10 Å². The van der Waals surface area contributed by atoms with E-state index in [0.29, 0.717) is 16.8 Å². The van der Waals surface area contributed by atoms with Gasteiger partial charge in [0.2, 0.25) is 0 Å². The molecule has 0 atom stereocenters. The number of nitrogens with one attached hydrogen (secondary N) is 2. The van der Waals surface area contributed by atoms with Crippen LogP contribution in [0, 0.1) is 0 Å². The zero-order valence-electron chi connectivity index (χ0n) is 11.4. The van der Waals surface area contributed by atoms with Crippen molar-refractivity contribution in [1.82, 2.24) is 5.43 Å². The van der Waals surface area contributed by atoms with Crippen LogP contribution >= 0.6 is 0 Å². The number of anilines is 1. The number of hydrogen-bond donors (Lipinski definition) is 4. The summed E-state index contributed by atoms with van der Waals surface area (Å²) in [7, 11) is 1.72. The molecule has 4 N–H and O–H groups in total. The van der Waals surface area contributed by atoms with Crippen LogP contribution in [0.2, 0.25) is 0 Å². The summed E-state index contributed by atoms with van der Waals surface area (Å²) in [4.78, 5) is 12.0. The van der Waals surface area contributed by atoms with Gasteiger partial charge in [0, 0.05) is 18.3 Å². The molecule has 0 aromatic heterocycles. The number of aromatic hydroxyl groups is 2. The minimum Gasteiger partial charge on any atom is -0.508 e. The van der Waals surface area contributed by atoms with Crippen molar-refractivity contribution in [1.29, 1.82) is 0 Å². The molecule has 0 radical (unpaired) electrons. The van der Waals surface area contributed by atoms with E-state index in [1.807, 2.05) is 6.07 Å². The molecule has 0 saturated carbocycles. The van der Waals surface area contributed by atoms with E-state index in [1.165, 1.54) is 24.4 Å². The van der Waals surface area contributed by atoms with E-state index in [9.17, 15) is 15.0 Å². The Hall–Kier alpha value is -3.02. The van der Waals surface area contributed by atoms with Gasteiger partial charge in [-0.3, -0.25) is 4.79 Å². The van der Waals surface area contributed by atoms with Crippen LogP contribution in [0.4, 0.5) is 5.69 Å². The Balaban J connectivity index is 2.10. The van der Waals surface area contributed by atoms with E-state index in [1.54, 1.807) is 25.2 Å². The van der Waals surface area contributed by atoms with Gasteiger partial charge in [0.1, 0.15) is 11.5 Å². The average Bonchev–Trinajstić information content (AvgIpc) is 2.50. The molecule has 0 aliphatic carbocycles. The van der Waals surface area contributed by atoms with Gasteiger partial charge in [-0.05, 0) is 30.3 Å². The van der Waals surface area contributed by atoms with E-state index in [-0.39, 0.29) is 17.4 Å². The van der Waals surface area contributed by atoms with Gasteiger partial charge in [-0.15, -0.1) is 0 Å². The SMILES string of the molecule is CNc1ccccc1C(=O)NN=Cc1cc(O)ccc1O. The van der Waals surface area contributed by atoms with Crippen molar-refractivity contribution in [3.8, 4) is 11.5 Å². The molecule has 2 aromatic rings. The lowest BCUT2D eigenvalue weighted by atomic mass is 10.1. The van der Waals surface area contributed by atoms with Gasteiger partial charge in [0.05, 0.1) is 11.8 Å². The number of carbonyl (C=O) groups is 1. The number of phenols is 2. The summed E-state index contributed by atoms with van der Waals surface area (Å²) < 4.78 is 0. The first kappa shape index (κ1) is 14.4. The Morgan fingerprint density at radius 3 is 2.71 bits per heavy atom. The molecule has 0 bridgehead atoms. The molecule has 2 rings (SSSR count). The second-order valence-electron chi connectivity index (χ2n) is 4.24. The maximum absolute atomic E-state index is 12.0. The fraction of sp³-hybridized carbons (Fsp3) is 0.0667. The van der Waals surface area contributed by atoms with E-state index in [4.69, 9.17) is 0 Å². The van der Waals surface area contributed by atoms with Crippen LogP contribution in [-0.2, 0) is 0 Å². The number of para-hydroxylation sites is 1. The molecular formula is C15H15N3O3. The van der Waals surface area contributed by atoms with Crippen molar-refractivity contribution in [3.05, 3.63) is 53.6 Å². The molecule has 6 heteroatoms. The van der Waals surface area contributed by atoms with Crippen molar-refractivity contribution >= 4 is 17.8 Å². The summed E-state index contributed by atoms with van der Waals surface area (Å²) in [5.74, 6) is -0.418. The molecule has 1 amide bonds. The quantitative estimate of drug-likeness (QED) is 0.392. The topological polar surface area (TPSA) is 94.0 Å². The van der Waals surface area contributed by atoms with E-state index >= 15 is 0 Å². The van der Waals surface area contributed by atoms with E-state index in [2.05, 4.69) is 15.8 Å². The van der Waals surface area contributed by atoms with E-state index < -0.39 is 0 Å². The first-order valence-electron chi connectivity index (χ1n) is 6.24. The standard InChI is InChI=1S/C15H15N3O3/c1-16-13-5-3-2-4-12(13)15(21)18-17-9-10-8-11(19)6-7-14(10)20/h2-9,16,19-20H,1H3,(H,18,21). The molecule has 0 saturated heterocycles. The van der Waals surface area contributed by atoms with Gasteiger partial charge in [-0.25, -0.2) is 5.43 Å². The van der Waals surface area contributed by atoms with Crippen LogP contribution in [0.25, 0.3) is 0 Å². The summed E-state index contributed by atoms with van der Waals surface area (Å²) in [6.07, 6.45) is 1.26. The van der Waals surface area contributed by atoms with Crippen LogP contribution in [-0.4, -0.2) is 29.4 Å². The number of hydrogen-bond acceptors (Lipinski definition) is 5. The number of carbonyl (C=O) groups excluding carboxylic acids is 1. The fourth-order valence-electron chi connectivity index (χ4n) is 1.77. The molecule has 0 aliphatic heterocycles. The number of amides is 1. The van der Waals surface area contributed by atoms with Gasteiger partial charge in [-0.2, -0.15) is 5.10 Å². The summed E-state index contributed by atoms with van der Waals surface area (Å²) in [6.45, 7) is 0. The maximum atomic E-state index is 12.0. The highest BCUT2D eigenvalue weighted by atomic mass is 16.3. The van der Waals surface area contributed by atoms with Gasteiger partial charge in [-0.1, -0.05) is 12.1 Å². The molecule has 0 spiro atoms.